The van der Waals surface area contributed by atoms with Crippen LogP contribution in [-0.4, -0.2) is 50.2 Å². The van der Waals surface area contributed by atoms with Gasteiger partial charge in [0, 0.05) is 13.1 Å². The van der Waals surface area contributed by atoms with E-state index in [1.807, 2.05) is 4.90 Å². The van der Waals surface area contributed by atoms with Gasteiger partial charge in [0.2, 0.25) is 0 Å². The van der Waals surface area contributed by atoms with Crippen molar-refractivity contribution in [1.29, 1.82) is 0 Å². The van der Waals surface area contributed by atoms with Crippen LogP contribution in [0.15, 0.2) is 5.10 Å². The molecule has 1 aliphatic carbocycles. The summed E-state index contributed by atoms with van der Waals surface area (Å²) in [5.74, 6) is 1.93. The summed E-state index contributed by atoms with van der Waals surface area (Å²) in [5.41, 5.74) is 3.05. The number of aromatic nitrogens is 4. The van der Waals surface area contributed by atoms with Crippen molar-refractivity contribution in [2.45, 2.75) is 51.9 Å². The minimum absolute atomic E-state index is 0.0110. The highest BCUT2D eigenvalue weighted by Crippen LogP contribution is 2.35. The predicted octanol–water partition coefficient (Wildman–Crippen LogP) is 1.81. The number of nitrogens with one attached hydrogen (secondary N) is 2. The van der Waals surface area contributed by atoms with Crippen molar-refractivity contribution < 1.29 is 4.79 Å². The maximum atomic E-state index is 12.4. The number of hydrazone groups is 1. The molecule has 8 nitrogen and oxygen atoms in total. The largest absolute Gasteiger partial charge is 0.338 e. The van der Waals surface area contributed by atoms with Crippen LogP contribution in [-0.2, 0) is 4.79 Å². The molecule has 126 valence electrons. The maximum absolute atomic E-state index is 12.4. The lowest BCUT2D eigenvalue weighted by atomic mass is 9.76. The zero-order valence-electron chi connectivity index (χ0n) is 13.7. The standard InChI is InChI=1S/C15H25N7O/c1-11(16-17-15-18-20-21-19-15)14(23)22-9-7-13(8-10-22)12-5-3-2-4-6-12/h12-13H,2-10H2,1H3,(H2,17,18,19,20,21)/b16-11+. The van der Waals surface area contributed by atoms with Gasteiger partial charge in [0.15, 0.2) is 0 Å². The van der Waals surface area contributed by atoms with Crippen LogP contribution < -0.4 is 5.43 Å². The van der Waals surface area contributed by atoms with E-state index in [1.54, 1.807) is 6.92 Å². The van der Waals surface area contributed by atoms with Crippen LogP contribution in [0.25, 0.3) is 0 Å². The lowest BCUT2D eigenvalue weighted by Crippen LogP contribution is -2.43. The van der Waals surface area contributed by atoms with Gasteiger partial charge in [-0.1, -0.05) is 37.2 Å². The molecule has 0 atom stereocenters. The average Bonchev–Trinajstić information content (AvgIpc) is 3.13. The van der Waals surface area contributed by atoms with Crippen LogP contribution in [0.1, 0.15) is 51.9 Å². The van der Waals surface area contributed by atoms with Crippen molar-refractivity contribution in [1.82, 2.24) is 25.5 Å². The summed E-state index contributed by atoms with van der Waals surface area (Å²) < 4.78 is 0. The summed E-state index contributed by atoms with van der Waals surface area (Å²) in [7, 11) is 0. The number of H-pyrrole nitrogens is 1. The van der Waals surface area contributed by atoms with Gasteiger partial charge in [-0.3, -0.25) is 4.79 Å². The molecule has 2 aliphatic rings. The van der Waals surface area contributed by atoms with E-state index >= 15 is 0 Å². The van der Waals surface area contributed by atoms with Gasteiger partial charge in [-0.2, -0.15) is 10.3 Å². The number of likely N-dealkylation sites (tertiary alicyclic amines) is 1. The number of amides is 1. The highest BCUT2D eigenvalue weighted by molar-refractivity contribution is 6.37. The van der Waals surface area contributed by atoms with Crippen LogP contribution >= 0.6 is 0 Å². The average molecular weight is 319 g/mol. The van der Waals surface area contributed by atoms with Gasteiger partial charge in [0.1, 0.15) is 5.71 Å². The molecular weight excluding hydrogens is 294 g/mol. The first kappa shape index (κ1) is 15.9. The molecule has 1 aromatic rings. The zero-order chi connectivity index (χ0) is 16.1. The first-order chi connectivity index (χ1) is 11.2. The summed E-state index contributed by atoms with van der Waals surface area (Å²) in [6.45, 7) is 3.40. The molecule has 2 fully saturated rings. The second-order valence-electron chi connectivity index (χ2n) is 6.57. The lowest BCUT2D eigenvalue weighted by Gasteiger charge is -2.37. The number of anilines is 1. The highest BCUT2D eigenvalue weighted by Gasteiger charge is 2.29. The van der Waals surface area contributed by atoms with Crippen LogP contribution in [0.3, 0.4) is 0 Å². The fourth-order valence-electron chi connectivity index (χ4n) is 3.80. The number of hydrogen-bond donors (Lipinski definition) is 2. The van der Waals surface area contributed by atoms with Crippen LogP contribution in [0.5, 0.6) is 0 Å². The summed E-state index contributed by atoms with van der Waals surface area (Å²) in [6, 6.07) is 0. The van der Waals surface area contributed by atoms with E-state index in [0.29, 0.717) is 5.71 Å². The Morgan fingerprint density at radius 2 is 1.87 bits per heavy atom. The third kappa shape index (κ3) is 4.05. The summed E-state index contributed by atoms with van der Waals surface area (Å²) in [5, 5.41) is 17.3. The van der Waals surface area contributed by atoms with Crippen molar-refractivity contribution in [2.75, 3.05) is 18.5 Å². The van der Waals surface area contributed by atoms with Crippen molar-refractivity contribution in [3.8, 4) is 0 Å². The molecule has 0 spiro atoms. The van der Waals surface area contributed by atoms with Crippen LogP contribution in [0, 0.1) is 11.8 Å². The summed E-state index contributed by atoms with van der Waals surface area (Å²) in [6.07, 6.45) is 9.19. The van der Waals surface area contributed by atoms with Crippen molar-refractivity contribution in [3.05, 3.63) is 0 Å². The molecule has 1 amide bonds. The van der Waals surface area contributed by atoms with E-state index in [1.165, 1.54) is 32.1 Å². The Labute approximate surface area is 136 Å². The zero-order valence-corrected chi connectivity index (χ0v) is 13.7. The molecule has 1 aliphatic heterocycles. The molecule has 1 saturated heterocycles. The van der Waals surface area contributed by atoms with Gasteiger partial charge >= 0.3 is 0 Å². The topological polar surface area (TPSA) is 99.2 Å². The third-order valence-electron chi connectivity index (χ3n) is 5.12. The van der Waals surface area contributed by atoms with Gasteiger partial charge < -0.3 is 4.90 Å². The minimum atomic E-state index is -0.0110. The molecule has 2 heterocycles. The lowest BCUT2D eigenvalue weighted by molar-refractivity contribution is -0.125. The molecule has 3 rings (SSSR count). The van der Waals surface area contributed by atoms with Gasteiger partial charge in [-0.15, -0.1) is 5.10 Å². The van der Waals surface area contributed by atoms with E-state index in [9.17, 15) is 4.79 Å². The van der Waals surface area contributed by atoms with E-state index in [-0.39, 0.29) is 11.9 Å². The molecule has 1 aromatic heterocycles. The van der Waals surface area contributed by atoms with E-state index in [2.05, 4.69) is 31.2 Å². The highest BCUT2D eigenvalue weighted by atomic mass is 16.2. The monoisotopic (exact) mass is 319 g/mol. The molecule has 0 aromatic carbocycles. The second-order valence-corrected chi connectivity index (χ2v) is 6.57. The molecule has 1 saturated carbocycles. The number of tetrazole rings is 1. The normalized spacial score (nSPS) is 21.4. The third-order valence-corrected chi connectivity index (χ3v) is 5.12. The van der Waals surface area contributed by atoms with Gasteiger partial charge in [-0.25, -0.2) is 5.43 Å². The molecule has 0 bridgehead atoms. The Balaban J connectivity index is 1.48. The van der Waals surface area contributed by atoms with Gasteiger partial charge in [-0.05, 0) is 36.8 Å². The molecular formula is C15H25N7O. The Hall–Kier alpha value is -1.99. The quantitative estimate of drug-likeness (QED) is 0.651. The Kier molecular flexibility index (Phi) is 5.19. The smallest absolute Gasteiger partial charge is 0.283 e. The first-order valence-corrected chi connectivity index (χ1v) is 8.57. The SMILES string of the molecule is C/C(=N\Nc1nn[nH]n1)C(=O)N1CCC(C2CCCCC2)CC1. The molecule has 8 heteroatoms. The number of piperidine rings is 1. The molecule has 2 N–H and O–H groups in total. The Morgan fingerprint density at radius 1 is 1.17 bits per heavy atom. The number of rotatable bonds is 4. The number of carbonyl (C=O) groups is 1. The Morgan fingerprint density at radius 3 is 2.52 bits per heavy atom. The van der Waals surface area contributed by atoms with Gasteiger partial charge in [0.25, 0.3) is 11.9 Å². The second kappa shape index (κ2) is 7.52. The summed E-state index contributed by atoms with van der Waals surface area (Å²) >= 11 is 0. The molecule has 0 radical (unpaired) electrons. The van der Waals surface area contributed by atoms with E-state index < -0.39 is 0 Å². The Bertz CT molecular complexity index is 528. The van der Waals surface area contributed by atoms with Gasteiger partial charge in [0.05, 0.1) is 0 Å². The van der Waals surface area contributed by atoms with E-state index in [4.69, 9.17) is 0 Å². The van der Waals surface area contributed by atoms with Crippen LogP contribution in [0.4, 0.5) is 5.95 Å². The van der Waals surface area contributed by atoms with Crippen molar-refractivity contribution in [2.24, 2.45) is 16.9 Å². The number of aromatic amines is 1. The van der Waals surface area contributed by atoms with Crippen molar-refractivity contribution in [3.63, 3.8) is 0 Å². The van der Waals surface area contributed by atoms with Crippen LogP contribution in [0.2, 0.25) is 0 Å². The number of hydrogen-bond acceptors (Lipinski definition) is 6. The van der Waals surface area contributed by atoms with Crippen molar-refractivity contribution >= 4 is 17.6 Å². The predicted molar refractivity (Wildman–Crippen MR) is 86.8 cm³/mol. The molecule has 0 unspecified atom stereocenters. The number of carbonyl (C=O) groups excluding carboxylic acids is 1. The summed E-state index contributed by atoms with van der Waals surface area (Å²) in [4.78, 5) is 14.3. The minimum Gasteiger partial charge on any atom is -0.338 e. The maximum Gasteiger partial charge on any atom is 0.283 e. The number of nitrogens with zero attached hydrogens (tertiary/aromatic N) is 5. The van der Waals surface area contributed by atoms with E-state index in [0.717, 1.165) is 37.8 Å². The fourth-order valence-corrected chi connectivity index (χ4v) is 3.80. The first-order valence-electron chi connectivity index (χ1n) is 8.57. The molecule has 23 heavy (non-hydrogen) atoms. The fraction of sp³-hybridized carbons (Fsp3) is 0.800.